The second-order valence-electron chi connectivity index (χ2n) is 6.83. The Morgan fingerprint density at radius 1 is 1.11 bits per heavy atom. The van der Waals surface area contributed by atoms with Gasteiger partial charge in [0, 0.05) is 6.21 Å². The van der Waals surface area contributed by atoms with Gasteiger partial charge in [-0.2, -0.15) is 0 Å². The topological polar surface area (TPSA) is 61.8 Å². The number of hydrogen-bond acceptors (Lipinski definition) is 4. The van der Waals surface area contributed by atoms with E-state index in [1.54, 1.807) is 12.1 Å². The van der Waals surface area contributed by atoms with Gasteiger partial charge in [-0.3, -0.25) is 19.5 Å². The van der Waals surface area contributed by atoms with Crippen LogP contribution in [0.15, 0.2) is 53.5 Å². The minimum Gasteiger partial charge on any atom is -0.301 e. The van der Waals surface area contributed by atoms with E-state index in [9.17, 15) is 9.59 Å². The Morgan fingerprint density at radius 2 is 1.79 bits per heavy atom. The maximum absolute atomic E-state index is 12.9. The van der Waals surface area contributed by atoms with Gasteiger partial charge in [0.1, 0.15) is 0 Å². The molecule has 1 atom stereocenters. The molecule has 5 nitrogen and oxygen atoms in total. The third-order valence-electron chi connectivity index (χ3n) is 4.62. The van der Waals surface area contributed by atoms with Crippen LogP contribution in [0, 0.1) is 12.8 Å². The molecule has 0 saturated carbocycles. The number of carbonyl (C=O) groups is 2. The number of amides is 2. The molecule has 2 aromatic carbocycles. The van der Waals surface area contributed by atoms with E-state index in [0.717, 1.165) is 24.8 Å². The molecule has 6 heteroatoms. The molecule has 1 fully saturated rings. The van der Waals surface area contributed by atoms with Gasteiger partial charge in [0.05, 0.1) is 11.4 Å². The second kappa shape index (κ2) is 8.89. The maximum atomic E-state index is 12.9. The highest BCUT2D eigenvalue weighted by molar-refractivity contribution is 7.80. The predicted molar refractivity (Wildman–Crippen MR) is 116 cm³/mol. The zero-order valence-corrected chi connectivity index (χ0v) is 16.8. The summed E-state index contributed by atoms with van der Waals surface area (Å²) < 4.78 is 0. The van der Waals surface area contributed by atoms with Crippen molar-refractivity contribution in [3.8, 4) is 0 Å². The monoisotopic (exact) mass is 393 g/mol. The smallest absolute Gasteiger partial charge is 0.251 e. The first-order valence-corrected chi connectivity index (χ1v) is 9.79. The van der Waals surface area contributed by atoms with Crippen molar-refractivity contribution in [3.05, 3.63) is 59.7 Å². The Balaban J connectivity index is 1.77. The van der Waals surface area contributed by atoms with Crippen LogP contribution < -0.4 is 10.2 Å². The summed E-state index contributed by atoms with van der Waals surface area (Å²) in [5.41, 5.74) is 3.65. The highest BCUT2D eigenvalue weighted by atomic mass is 32.1. The van der Waals surface area contributed by atoms with Crippen LogP contribution in [0.25, 0.3) is 0 Å². The highest BCUT2D eigenvalue weighted by Crippen LogP contribution is 2.22. The van der Waals surface area contributed by atoms with Crippen molar-refractivity contribution in [3.63, 3.8) is 0 Å². The minimum absolute atomic E-state index is 0.0868. The number of rotatable bonds is 6. The van der Waals surface area contributed by atoms with E-state index in [4.69, 9.17) is 12.2 Å². The van der Waals surface area contributed by atoms with Gasteiger partial charge in [0.2, 0.25) is 5.91 Å². The van der Waals surface area contributed by atoms with Gasteiger partial charge in [-0.15, -0.1) is 0 Å². The van der Waals surface area contributed by atoms with E-state index in [2.05, 4.69) is 17.2 Å². The van der Waals surface area contributed by atoms with Crippen LogP contribution in [0.3, 0.4) is 0 Å². The summed E-state index contributed by atoms with van der Waals surface area (Å²) in [6, 6.07) is 15.2. The van der Waals surface area contributed by atoms with Crippen LogP contribution in [0.5, 0.6) is 0 Å². The lowest BCUT2D eigenvalue weighted by atomic mass is 10.1. The predicted octanol–water partition coefficient (Wildman–Crippen LogP) is 4.10. The largest absolute Gasteiger partial charge is 0.301 e. The van der Waals surface area contributed by atoms with Gasteiger partial charge in [-0.25, -0.2) is 0 Å². The molecule has 0 spiro atoms. The summed E-state index contributed by atoms with van der Waals surface area (Å²) in [6.07, 6.45) is 4.72. The highest BCUT2D eigenvalue weighted by Gasteiger charge is 2.38. The van der Waals surface area contributed by atoms with E-state index in [-0.39, 0.29) is 5.11 Å². The molecule has 144 valence electrons. The molecule has 1 saturated heterocycles. The second-order valence-corrected chi connectivity index (χ2v) is 7.22. The first-order valence-electron chi connectivity index (χ1n) is 9.38. The average molecular weight is 394 g/mol. The summed E-state index contributed by atoms with van der Waals surface area (Å²) in [7, 11) is 0. The minimum atomic E-state index is -1.02. The lowest BCUT2D eigenvalue weighted by Gasteiger charge is -2.30. The fourth-order valence-corrected chi connectivity index (χ4v) is 3.25. The van der Waals surface area contributed by atoms with E-state index >= 15 is 0 Å². The zero-order valence-electron chi connectivity index (χ0n) is 16.0. The molecule has 0 unspecified atom stereocenters. The van der Waals surface area contributed by atoms with Gasteiger partial charge >= 0.3 is 0 Å². The fraction of sp³-hybridized carbons (Fsp3) is 0.273. The number of benzene rings is 2. The Hall–Kier alpha value is -2.86. The summed E-state index contributed by atoms with van der Waals surface area (Å²) >= 11 is 5.20. The Kier molecular flexibility index (Phi) is 6.31. The van der Waals surface area contributed by atoms with E-state index in [1.807, 2.05) is 43.3 Å². The summed E-state index contributed by atoms with van der Waals surface area (Å²) in [6.45, 7) is 4.13. The summed E-state index contributed by atoms with van der Waals surface area (Å²) in [5, 5.41) is 2.68. The van der Waals surface area contributed by atoms with Crippen molar-refractivity contribution in [1.29, 1.82) is 0 Å². The quantitative estimate of drug-likeness (QED) is 0.456. The van der Waals surface area contributed by atoms with E-state index < -0.39 is 17.7 Å². The van der Waals surface area contributed by atoms with Crippen LogP contribution in [0.4, 0.5) is 11.4 Å². The number of unbranched alkanes of at least 4 members (excludes halogenated alkanes) is 1. The number of carbonyl (C=O) groups excluding carboxylic acids is 2. The molecule has 1 aliphatic rings. The standard InChI is InChI=1S/C22H23N3O2S/c1-3-4-5-16-8-10-17(11-9-16)23-14-19-20(26)24-22(28)25(21(19)27)18-12-6-15(2)7-13-18/h6-14,19H,3-5H2,1-2H3,(H,24,26,28)/t19-/m0/s1. The van der Waals surface area contributed by atoms with Crippen LogP contribution in [0.2, 0.25) is 0 Å². The molecule has 1 heterocycles. The van der Waals surface area contributed by atoms with Gasteiger partial charge in [0.15, 0.2) is 11.0 Å². The van der Waals surface area contributed by atoms with E-state index in [0.29, 0.717) is 11.4 Å². The number of nitrogens with zero attached hydrogens (tertiary/aromatic N) is 2. The first kappa shape index (κ1) is 19.9. The summed E-state index contributed by atoms with van der Waals surface area (Å²) in [4.78, 5) is 30.9. The van der Waals surface area contributed by atoms with Crippen molar-refractivity contribution in [1.82, 2.24) is 5.32 Å². The Morgan fingerprint density at radius 3 is 2.43 bits per heavy atom. The lowest BCUT2D eigenvalue weighted by Crippen LogP contribution is -2.58. The number of nitrogens with one attached hydrogen (secondary N) is 1. The molecule has 28 heavy (non-hydrogen) atoms. The van der Waals surface area contributed by atoms with Crippen molar-refractivity contribution in [2.24, 2.45) is 10.9 Å². The number of aryl methyl sites for hydroxylation is 2. The SMILES string of the molecule is CCCCc1ccc(N=C[C@H]2C(=O)NC(=S)N(c3ccc(C)cc3)C2=O)cc1. The molecule has 0 aromatic heterocycles. The third kappa shape index (κ3) is 4.51. The molecule has 0 bridgehead atoms. The average Bonchev–Trinajstić information content (AvgIpc) is 2.68. The number of hydrogen-bond donors (Lipinski definition) is 1. The van der Waals surface area contributed by atoms with Gasteiger partial charge < -0.3 is 5.32 Å². The van der Waals surface area contributed by atoms with Crippen LogP contribution in [-0.2, 0) is 16.0 Å². The fourth-order valence-electron chi connectivity index (χ4n) is 2.95. The Labute approximate surface area is 170 Å². The van der Waals surface area contributed by atoms with Gasteiger partial charge in [0.25, 0.3) is 5.91 Å². The Bertz CT molecular complexity index is 904. The number of aliphatic imine (C=N–C) groups is 1. The maximum Gasteiger partial charge on any atom is 0.251 e. The van der Waals surface area contributed by atoms with Gasteiger partial charge in [-0.05, 0) is 61.8 Å². The van der Waals surface area contributed by atoms with Crippen LogP contribution in [0.1, 0.15) is 30.9 Å². The summed E-state index contributed by atoms with van der Waals surface area (Å²) in [5.74, 6) is -1.88. The molecular formula is C22H23N3O2S. The zero-order chi connectivity index (χ0) is 20.1. The molecule has 1 aliphatic heterocycles. The van der Waals surface area contributed by atoms with Crippen molar-refractivity contribution in [2.45, 2.75) is 33.1 Å². The van der Waals surface area contributed by atoms with Gasteiger partial charge in [-0.1, -0.05) is 43.2 Å². The first-order chi connectivity index (χ1) is 13.5. The van der Waals surface area contributed by atoms with Crippen molar-refractivity contribution in [2.75, 3.05) is 4.90 Å². The molecule has 3 rings (SSSR count). The van der Waals surface area contributed by atoms with Crippen molar-refractivity contribution >= 4 is 46.7 Å². The molecule has 2 aromatic rings. The van der Waals surface area contributed by atoms with E-state index in [1.165, 1.54) is 16.7 Å². The molecule has 0 radical (unpaired) electrons. The lowest BCUT2D eigenvalue weighted by molar-refractivity contribution is -0.130. The molecule has 2 amide bonds. The number of thiocarbonyl (C=S) groups is 1. The molecular weight excluding hydrogens is 370 g/mol. The van der Waals surface area contributed by atoms with Crippen LogP contribution in [-0.4, -0.2) is 23.1 Å². The van der Waals surface area contributed by atoms with Crippen LogP contribution >= 0.6 is 12.2 Å². The molecule has 1 N–H and O–H groups in total. The normalized spacial score (nSPS) is 17.3. The van der Waals surface area contributed by atoms with Crippen molar-refractivity contribution < 1.29 is 9.59 Å². The molecule has 0 aliphatic carbocycles. The third-order valence-corrected chi connectivity index (χ3v) is 4.91. The number of anilines is 1.